The lowest BCUT2D eigenvalue weighted by Crippen LogP contribution is -2.27. The highest BCUT2D eigenvalue weighted by molar-refractivity contribution is 5.77. The Hall–Kier alpha value is -2.73. The molecule has 0 bridgehead atoms. The first-order valence-corrected chi connectivity index (χ1v) is 12.1. The van der Waals surface area contributed by atoms with Crippen molar-refractivity contribution in [2.75, 3.05) is 18.5 Å². The van der Waals surface area contributed by atoms with E-state index in [4.69, 9.17) is 14.7 Å². The molecule has 0 radical (unpaired) electrons. The first-order valence-electron chi connectivity index (χ1n) is 12.1. The van der Waals surface area contributed by atoms with Crippen LogP contribution in [0.5, 0.6) is 0 Å². The normalized spacial score (nSPS) is 23.0. The van der Waals surface area contributed by atoms with Crippen LogP contribution in [0.4, 0.5) is 5.95 Å². The molecule has 1 saturated heterocycles. The van der Waals surface area contributed by atoms with Gasteiger partial charge in [0.15, 0.2) is 5.65 Å². The number of hydrogen-bond donors (Lipinski definition) is 1. The van der Waals surface area contributed by atoms with E-state index in [1.54, 1.807) is 11.1 Å². The summed E-state index contributed by atoms with van der Waals surface area (Å²) in [5.74, 6) is 2.33. The fourth-order valence-electron chi connectivity index (χ4n) is 5.53. The molecule has 2 atom stereocenters. The van der Waals surface area contributed by atoms with Gasteiger partial charge in [-0.15, -0.1) is 0 Å². The number of allylic oxidation sites excluding steroid dienone is 1. The van der Waals surface area contributed by atoms with Gasteiger partial charge in [0.25, 0.3) is 0 Å². The molecule has 6 rings (SSSR count). The van der Waals surface area contributed by atoms with Crippen molar-refractivity contribution in [3.63, 3.8) is 0 Å². The van der Waals surface area contributed by atoms with Crippen molar-refractivity contribution in [2.24, 2.45) is 0 Å². The van der Waals surface area contributed by atoms with E-state index in [0.717, 1.165) is 62.6 Å². The Morgan fingerprint density at radius 1 is 1.16 bits per heavy atom. The molecule has 0 saturated carbocycles. The number of hydrogen-bond acceptors (Lipinski definition) is 5. The first kappa shape index (κ1) is 19.9. The van der Waals surface area contributed by atoms with Crippen molar-refractivity contribution in [2.45, 2.75) is 70.3 Å². The van der Waals surface area contributed by atoms with Crippen LogP contribution in [0, 0.1) is 0 Å². The predicted octanol–water partition coefficient (Wildman–Crippen LogP) is 5.12. The molecule has 2 unspecified atom stereocenters. The standard InChI is InChI=1S/C26H31N5O/c1-16(2)23-14-27-31-25(23)29-24(19-7-5-11-32-15-19)30-26(31)28-20-10-9-18-12-17-6-3-4-8-21(17)22(18)13-20/h3-4,6,8,14,16,19-20H,5,7,9-13,15H2,1-2H3,(H,28,29,30). The molecule has 6 nitrogen and oxygen atoms in total. The third-order valence-corrected chi connectivity index (χ3v) is 7.31. The molecule has 0 spiro atoms. The maximum atomic E-state index is 5.75. The van der Waals surface area contributed by atoms with E-state index in [1.165, 1.54) is 16.7 Å². The quantitative estimate of drug-likeness (QED) is 0.624. The van der Waals surface area contributed by atoms with Gasteiger partial charge in [0.1, 0.15) is 5.82 Å². The highest BCUT2D eigenvalue weighted by Crippen LogP contribution is 2.42. The summed E-state index contributed by atoms with van der Waals surface area (Å²) in [7, 11) is 0. The van der Waals surface area contributed by atoms with Crippen LogP contribution >= 0.6 is 0 Å². The molecule has 6 heteroatoms. The van der Waals surface area contributed by atoms with Crippen LogP contribution in [0.2, 0.25) is 0 Å². The van der Waals surface area contributed by atoms with Crippen LogP contribution in [-0.2, 0) is 11.2 Å². The fraction of sp³-hybridized carbons (Fsp3) is 0.500. The van der Waals surface area contributed by atoms with Crippen LogP contribution in [0.1, 0.15) is 80.3 Å². The number of benzene rings is 1. The Kier molecular flexibility index (Phi) is 4.98. The molecule has 166 valence electrons. The number of nitrogens with zero attached hydrogens (tertiary/aromatic N) is 4. The molecule has 32 heavy (non-hydrogen) atoms. The topological polar surface area (TPSA) is 64.3 Å². The zero-order chi connectivity index (χ0) is 21.7. The second-order valence-corrected chi connectivity index (χ2v) is 9.81. The van der Waals surface area contributed by atoms with E-state index >= 15 is 0 Å². The second kappa shape index (κ2) is 8.00. The van der Waals surface area contributed by atoms with E-state index in [1.807, 2.05) is 10.7 Å². The zero-order valence-corrected chi connectivity index (χ0v) is 19.0. The third kappa shape index (κ3) is 3.41. The number of aromatic nitrogens is 4. The van der Waals surface area contributed by atoms with Crippen molar-refractivity contribution in [3.05, 3.63) is 58.6 Å². The van der Waals surface area contributed by atoms with Gasteiger partial charge < -0.3 is 10.1 Å². The maximum Gasteiger partial charge on any atom is 0.227 e. The van der Waals surface area contributed by atoms with Gasteiger partial charge >= 0.3 is 0 Å². The van der Waals surface area contributed by atoms with Crippen molar-refractivity contribution < 1.29 is 4.74 Å². The average Bonchev–Trinajstić information content (AvgIpc) is 3.41. The molecule has 0 amide bonds. The summed E-state index contributed by atoms with van der Waals surface area (Å²) >= 11 is 0. The van der Waals surface area contributed by atoms with E-state index in [2.05, 4.69) is 48.5 Å². The number of nitrogens with one attached hydrogen (secondary N) is 1. The summed E-state index contributed by atoms with van der Waals surface area (Å²) in [6.07, 6.45) is 8.54. The van der Waals surface area contributed by atoms with Crippen molar-refractivity contribution in [1.82, 2.24) is 19.6 Å². The van der Waals surface area contributed by atoms with Gasteiger partial charge in [-0.1, -0.05) is 43.7 Å². The molecule has 3 aliphatic rings. The maximum absolute atomic E-state index is 5.75. The van der Waals surface area contributed by atoms with Gasteiger partial charge in [0.05, 0.1) is 12.8 Å². The molecule has 1 fully saturated rings. The Balaban J connectivity index is 1.34. The van der Waals surface area contributed by atoms with E-state index < -0.39 is 0 Å². The molecule has 1 aliphatic heterocycles. The van der Waals surface area contributed by atoms with Gasteiger partial charge in [-0.2, -0.15) is 14.6 Å². The highest BCUT2D eigenvalue weighted by atomic mass is 16.5. The van der Waals surface area contributed by atoms with Gasteiger partial charge in [-0.3, -0.25) is 0 Å². The SMILES string of the molecule is CC(C)c1cnn2c(NC3CCC4=C(C3)c3ccccc3C4)nc(C3CCCOC3)nc12. The summed E-state index contributed by atoms with van der Waals surface area (Å²) in [4.78, 5) is 9.98. The molecule has 3 aromatic rings. The molecule has 2 aliphatic carbocycles. The number of fused-ring (bicyclic) bond motifs is 3. The Morgan fingerprint density at radius 2 is 2.06 bits per heavy atom. The van der Waals surface area contributed by atoms with Gasteiger partial charge in [-0.25, -0.2) is 4.98 Å². The number of ether oxygens (including phenoxy) is 1. The Morgan fingerprint density at radius 3 is 2.91 bits per heavy atom. The van der Waals surface area contributed by atoms with Crippen molar-refractivity contribution in [1.29, 1.82) is 0 Å². The molecule has 1 N–H and O–H groups in total. The van der Waals surface area contributed by atoms with Crippen LogP contribution < -0.4 is 5.32 Å². The minimum atomic E-state index is 0.256. The van der Waals surface area contributed by atoms with E-state index in [-0.39, 0.29) is 5.92 Å². The minimum Gasteiger partial charge on any atom is -0.381 e. The number of rotatable bonds is 4. The monoisotopic (exact) mass is 429 g/mol. The lowest BCUT2D eigenvalue weighted by molar-refractivity contribution is 0.0781. The molecule has 2 aromatic heterocycles. The van der Waals surface area contributed by atoms with Crippen molar-refractivity contribution >= 4 is 17.2 Å². The Bertz CT molecular complexity index is 1190. The second-order valence-electron chi connectivity index (χ2n) is 9.81. The van der Waals surface area contributed by atoms with Crippen LogP contribution in [0.15, 0.2) is 36.0 Å². The molecular formula is C26H31N5O. The lowest BCUT2D eigenvalue weighted by atomic mass is 9.88. The zero-order valence-electron chi connectivity index (χ0n) is 19.0. The third-order valence-electron chi connectivity index (χ3n) is 7.31. The average molecular weight is 430 g/mol. The largest absolute Gasteiger partial charge is 0.381 e. The first-order chi connectivity index (χ1) is 15.7. The van der Waals surface area contributed by atoms with Crippen molar-refractivity contribution in [3.8, 4) is 0 Å². The minimum absolute atomic E-state index is 0.256. The summed E-state index contributed by atoms with van der Waals surface area (Å²) in [6.45, 7) is 5.94. The fourth-order valence-corrected chi connectivity index (χ4v) is 5.53. The summed E-state index contributed by atoms with van der Waals surface area (Å²) in [5.41, 5.74) is 8.20. The summed E-state index contributed by atoms with van der Waals surface area (Å²) in [6, 6.07) is 9.23. The molecular weight excluding hydrogens is 398 g/mol. The van der Waals surface area contributed by atoms with Crippen LogP contribution in [0.25, 0.3) is 11.2 Å². The van der Waals surface area contributed by atoms with Crippen LogP contribution in [-0.4, -0.2) is 38.8 Å². The highest BCUT2D eigenvalue weighted by Gasteiger charge is 2.29. The molecule has 3 heterocycles. The lowest BCUT2D eigenvalue weighted by Gasteiger charge is -2.27. The van der Waals surface area contributed by atoms with E-state index in [9.17, 15) is 0 Å². The molecule has 1 aromatic carbocycles. The van der Waals surface area contributed by atoms with Gasteiger partial charge in [0, 0.05) is 24.1 Å². The number of anilines is 1. The smallest absolute Gasteiger partial charge is 0.227 e. The van der Waals surface area contributed by atoms with Crippen LogP contribution in [0.3, 0.4) is 0 Å². The Labute approximate surface area is 189 Å². The van der Waals surface area contributed by atoms with E-state index in [0.29, 0.717) is 18.6 Å². The predicted molar refractivity (Wildman–Crippen MR) is 126 cm³/mol. The summed E-state index contributed by atoms with van der Waals surface area (Å²) in [5, 5.41) is 8.45. The summed E-state index contributed by atoms with van der Waals surface area (Å²) < 4.78 is 7.66. The van der Waals surface area contributed by atoms with Gasteiger partial charge in [-0.05, 0) is 61.1 Å². The van der Waals surface area contributed by atoms with Gasteiger partial charge in [0.2, 0.25) is 5.95 Å².